The van der Waals surface area contributed by atoms with Crippen LogP contribution in [0.2, 0.25) is 5.02 Å². The minimum Gasteiger partial charge on any atom is -0.325 e. The van der Waals surface area contributed by atoms with E-state index >= 15 is 0 Å². The molecule has 1 fully saturated rings. The second-order valence-corrected chi connectivity index (χ2v) is 7.24. The maximum Gasteiger partial charge on any atom is 0.280 e. The van der Waals surface area contributed by atoms with Gasteiger partial charge in [-0.15, -0.1) is 0 Å². The van der Waals surface area contributed by atoms with Gasteiger partial charge in [-0.25, -0.2) is 10.2 Å². The second kappa shape index (κ2) is 6.99. The quantitative estimate of drug-likeness (QED) is 0.313. The summed E-state index contributed by atoms with van der Waals surface area (Å²) in [5.41, 5.74) is 2.03. The molecule has 0 spiro atoms. The van der Waals surface area contributed by atoms with Gasteiger partial charge in [-0.05, 0) is 24.6 Å². The van der Waals surface area contributed by atoms with Crippen LogP contribution in [0.15, 0.2) is 18.2 Å². The Hall–Kier alpha value is -1.79. The summed E-state index contributed by atoms with van der Waals surface area (Å²) in [7, 11) is -2.85. The molecule has 1 aliphatic heterocycles. The third kappa shape index (κ3) is 3.82. The second-order valence-electron chi connectivity index (χ2n) is 5.07. The number of anilines is 1. The summed E-state index contributed by atoms with van der Waals surface area (Å²) in [6.07, 6.45) is -0.139. The van der Waals surface area contributed by atoms with Crippen molar-refractivity contribution in [2.45, 2.75) is 18.5 Å². The predicted molar refractivity (Wildman–Crippen MR) is 84.4 cm³/mol. The van der Waals surface area contributed by atoms with Gasteiger partial charge < -0.3 is 5.32 Å². The molecule has 2 amide bonds. The van der Waals surface area contributed by atoms with E-state index in [0.717, 1.165) is 10.4 Å². The molecule has 1 aromatic carbocycles. The Morgan fingerprint density at radius 2 is 2.08 bits per heavy atom. The van der Waals surface area contributed by atoms with Gasteiger partial charge in [0.2, 0.25) is 5.91 Å². The van der Waals surface area contributed by atoms with Crippen molar-refractivity contribution in [1.29, 1.82) is 0 Å². The lowest BCUT2D eigenvalue weighted by atomic mass is 10.1. The van der Waals surface area contributed by atoms with Gasteiger partial charge in [-0.1, -0.05) is 11.6 Å². The summed E-state index contributed by atoms with van der Waals surface area (Å²) in [5.74, 6) is 2.88. The van der Waals surface area contributed by atoms with Crippen molar-refractivity contribution in [1.82, 2.24) is 14.5 Å². The molecule has 5 N–H and O–H groups in total. The number of nitrogens with one attached hydrogen (secondary N) is 3. The molecule has 1 saturated heterocycles. The van der Waals surface area contributed by atoms with Crippen molar-refractivity contribution >= 4 is 39.3 Å². The van der Waals surface area contributed by atoms with E-state index < -0.39 is 39.9 Å². The molecule has 1 aromatic rings. The van der Waals surface area contributed by atoms with Crippen molar-refractivity contribution in [3.63, 3.8) is 0 Å². The summed E-state index contributed by atoms with van der Waals surface area (Å²) in [4.78, 5) is 24.0. The van der Waals surface area contributed by atoms with E-state index in [1.165, 1.54) is 19.2 Å². The summed E-state index contributed by atoms with van der Waals surface area (Å²) in [6, 6.07) is 1.17. The summed E-state index contributed by atoms with van der Waals surface area (Å²) >= 11 is 5.63. The first-order valence-electron chi connectivity index (χ1n) is 6.67. The molecule has 1 heterocycles. The average Bonchev–Trinajstić information content (AvgIpc) is 2.52. The third-order valence-corrected chi connectivity index (χ3v) is 5.40. The van der Waals surface area contributed by atoms with Crippen LogP contribution in [-0.4, -0.2) is 43.7 Å². The first kappa shape index (κ1) is 18.5. The van der Waals surface area contributed by atoms with Crippen molar-refractivity contribution in [2.24, 2.45) is 5.84 Å². The van der Waals surface area contributed by atoms with Crippen molar-refractivity contribution < 1.29 is 22.4 Å². The van der Waals surface area contributed by atoms with E-state index in [4.69, 9.17) is 17.4 Å². The van der Waals surface area contributed by atoms with Crippen LogP contribution in [0.4, 0.5) is 10.1 Å². The van der Waals surface area contributed by atoms with Gasteiger partial charge in [0, 0.05) is 12.7 Å². The van der Waals surface area contributed by atoms with Crippen LogP contribution in [-0.2, 0) is 19.8 Å². The lowest BCUT2D eigenvalue weighted by Gasteiger charge is -2.35. The normalized spacial score (nSPS) is 23.5. The number of benzene rings is 1. The highest BCUT2D eigenvalue weighted by Crippen LogP contribution is 2.22. The molecule has 9 nitrogen and oxygen atoms in total. The Kier molecular flexibility index (Phi) is 5.40. The van der Waals surface area contributed by atoms with E-state index in [-0.39, 0.29) is 17.1 Å². The molecule has 132 valence electrons. The number of amides is 2. The maximum atomic E-state index is 13.1. The fraction of sp³-hybridized carbons (Fsp3) is 0.333. The molecule has 2 atom stereocenters. The maximum absolute atomic E-state index is 13.1. The number of hydrogen-bond donors (Lipinski definition) is 4. The number of halogens is 2. The minimum atomic E-state index is -4.05. The molecular formula is C12H15ClFN5O4S. The van der Waals surface area contributed by atoms with Gasteiger partial charge in [-0.2, -0.15) is 17.4 Å². The fourth-order valence-corrected chi connectivity index (χ4v) is 3.61. The van der Waals surface area contributed by atoms with Crippen LogP contribution in [0.3, 0.4) is 0 Å². The third-order valence-electron chi connectivity index (χ3n) is 3.52. The molecule has 2 rings (SSSR count). The molecule has 24 heavy (non-hydrogen) atoms. The highest BCUT2D eigenvalue weighted by molar-refractivity contribution is 7.87. The van der Waals surface area contributed by atoms with E-state index in [0.29, 0.717) is 0 Å². The molecule has 0 aromatic heterocycles. The minimum absolute atomic E-state index is 0.139. The number of nitrogens with zero attached hydrogens (tertiary/aromatic N) is 1. The van der Waals surface area contributed by atoms with E-state index in [1.807, 2.05) is 5.43 Å². The van der Waals surface area contributed by atoms with Crippen LogP contribution in [0.5, 0.6) is 0 Å². The summed E-state index contributed by atoms with van der Waals surface area (Å²) in [5, 5.41) is 2.24. The smallest absolute Gasteiger partial charge is 0.280 e. The van der Waals surface area contributed by atoms with E-state index in [2.05, 4.69) is 10.0 Å². The Bertz CT molecular complexity index is 775. The number of carbonyl (C=O) groups excluding carboxylic acids is 2. The van der Waals surface area contributed by atoms with Crippen LogP contribution in [0, 0.1) is 5.82 Å². The first-order valence-corrected chi connectivity index (χ1v) is 8.49. The van der Waals surface area contributed by atoms with Gasteiger partial charge in [0.25, 0.3) is 16.1 Å². The van der Waals surface area contributed by atoms with E-state index in [9.17, 15) is 22.4 Å². The number of hydrazine groups is 1. The molecule has 0 aliphatic carbocycles. The molecular weight excluding hydrogens is 365 g/mol. The van der Waals surface area contributed by atoms with Gasteiger partial charge in [0.15, 0.2) is 0 Å². The van der Waals surface area contributed by atoms with Crippen molar-refractivity contribution in [3.8, 4) is 0 Å². The molecule has 0 radical (unpaired) electrons. The zero-order valence-corrected chi connectivity index (χ0v) is 14.0. The first-order chi connectivity index (χ1) is 11.2. The van der Waals surface area contributed by atoms with Crippen LogP contribution in [0.25, 0.3) is 0 Å². The number of hydrogen-bond acceptors (Lipinski definition) is 5. The number of rotatable bonds is 3. The average molecular weight is 380 g/mol. The van der Waals surface area contributed by atoms with Crippen LogP contribution >= 0.6 is 11.6 Å². The zero-order chi connectivity index (χ0) is 18.1. The highest BCUT2D eigenvalue weighted by atomic mass is 35.5. The zero-order valence-electron chi connectivity index (χ0n) is 12.4. The van der Waals surface area contributed by atoms with Crippen LogP contribution < -0.4 is 21.3 Å². The molecule has 0 saturated carbocycles. The standard InChI is InChI=1S/C12H15ClFN5O4S/c1-19-10(5-9(11(20)17-15)18-24(19,22)23)12(21)16-6-2-3-8(14)7(13)4-6/h2-4,9-10,18H,5,15H2,1H3,(H,16,21)(H,17,20). The molecule has 2 unspecified atom stereocenters. The molecule has 1 aliphatic rings. The Labute approximate surface area is 142 Å². The lowest BCUT2D eigenvalue weighted by Crippen LogP contribution is -2.62. The monoisotopic (exact) mass is 379 g/mol. The largest absolute Gasteiger partial charge is 0.325 e. The lowest BCUT2D eigenvalue weighted by molar-refractivity contribution is -0.124. The van der Waals surface area contributed by atoms with Crippen molar-refractivity contribution in [2.75, 3.05) is 12.4 Å². The number of likely N-dealkylation sites (N-methyl/N-ethyl adjacent to an activating group) is 1. The van der Waals surface area contributed by atoms with Crippen LogP contribution in [0.1, 0.15) is 6.42 Å². The SMILES string of the molecule is CN1C(C(=O)Nc2ccc(F)c(Cl)c2)CC(C(=O)NN)NS1(=O)=O. The molecule has 12 heteroatoms. The summed E-state index contributed by atoms with van der Waals surface area (Å²) < 4.78 is 40.1. The molecule has 0 bridgehead atoms. The fourth-order valence-electron chi connectivity index (χ4n) is 2.18. The Morgan fingerprint density at radius 3 is 2.67 bits per heavy atom. The van der Waals surface area contributed by atoms with Gasteiger partial charge in [-0.3, -0.25) is 15.0 Å². The number of nitrogens with two attached hydrogens (primary N) is 1. The van der Waals surface area contributed by atoms with E-state index in [1.54, 1.807) is 0 Å². The topological polar surface area (TPSA) is 134 Å². The number of carbonyl (C=O) groups is 2. The highest BCUT2D eigenvalue weighted by Gasteiger charge is 2.42. The Morgan fingerprint density at radius 1 is 1.42 bits per heavy atom. The van der Waals surface area contributed by atoms with Gasteiger partial charge in [0.1, 0.15) is 17.9 Å². The van der Waals surface area contributed by atoms with Gasteiger partial charge in [0.05, 0.1) is 5.02 Å². The van der Waals surface area contributed by atoms with Gasteiger partial charge >= 0.3 is 0 Å². The van der Waals surface area contributed by atoms with Crippen molar-refractivity contribution in [3.05, 3.63) is 29.0 Å². The summed E-state index contributed by atoms with van der Waals surface area (Å²) in [6.45, 7) is 0. The Balaban J connectivity index is 2.22. The predicted octanol–water partition coefficient (Wildman–Crippen LogP) is -0.685.